The van der Waals surface area contributed by atoms with Gasteiger partial charge in [0.2, 0.25) is 0 Å². The van der Waals surface area contributed by atoms with Crippen molar-refractivity contribution in [3.63, 3.8) is 0 Å². The van der Waals surface area contributed by atoms with Crippen molar-refractivity contribution >= 4 is 5.96 Å². The Morgan fingerprint density at radius 2 is 2.20 bits per heavy atom. The molecule has 0 heterocycles. The average molecular weight is 145 g/mol. The van der Waals surface area contributed by atoms with Gasteiger partial charge in [-0.3, -0.25) is 4.99 Å². The van der Waals surface area contributed by atoms with Gasteiger partial charge < -0.3 is 15.7 Å². The molecule has 0 unspecified atom stereocenters. The fourth-order valence-electron chi connectivity index (χ4n) is 0.562. The number of guanidine groups is 1. The molecular formula is C6H15N3O. The Kier molecular flexibility index (Phi) is 5.86. The molecule has 0 aromatic rings. The third-order valence-electron chi connectivity index (χ3n) is 0.972. The van der Waals surface area contributed by atoms with Crippen LogP contribution in [0, 0.1) is 0 Å². The van der Waals surface area contributed by atoms with Crippen LogP contribution in [-0.4, -0.2) is 37.8 Å². The van der Waals surface area contributed by atoms with Crippen LogP contribution in [0.5, 0.6) is 0 Å². The zero-order chi connectivity index (χ0) is 7.82. The first kappa shape index (κ1) is 9.23. The monoisotopic (exact) mass is 145 g/mol. The first-order valence-electron chi connectivity index (χ1n) is 3.40. The molecule has 4 nitrogen and oxygen atoms in total. The molecule has 0 aliphatic carbocycles. The molecule has 10 heavy (non-hydrogen) atoms. The highest BCUT2D eigenvalue weighted by Crippen LogP contribution is 1.64. The highest BCUT2D eigenvalue weighted by molar-refractivity contribution is 5.79. The van der Waals surface area contributed by atoms with Gasteiger partial charge in [-0.25, -0.2) is 0 Å². The second kappa shape index (κ2) is 6.35. The maximum atomic E-state index is 8.43. The van der Waals surface area contributed by atoms with Crippen molar-refractivity contribution in [1.82, 2.24) is 10.6 Å². The summed E-state index contributed by atoms with van der Waals surface area (Å²) in [7, 11) is 1.70. The molecule has 0 aliphatic rings. The molecule has 0 saturated heterocycles. The van der Waals surface area contributed by atoms with Crippen molar-refractivity contribution in [2.45, 2.75) is 6.92 Å². The summed E-state index contributed by atoms with van der Waals surface area (Å²) < 4.78 is 0. The minimum atomic E-state index is 0.129. The smallest absolute Gasteiger partial charge is 0.191 e. The predicted molar refractivity (Wildman–Crippen MR) is 42.1 cm³/mol. The molecule has 3 N–H and O–H groups in total. The lowest BCUT2D eigenvalue weighted by Gasteiger charge is -2.07. The lowest BCUT2D eigenvalue weighted by Crippen LogP contribution is -2.38. The van der Waals surface area contributed by atoms with Crippen LogP contribution in [0.1, 0.15) is 6.92 Å². The maximum absolute atomic E-state index is 8.43. The molecular weight excluding hydrogens is 130 g/mol. The Hall–Kier alpha value is -0.770. The zero-order valence-electron chi connectivity index (χ0n) is 6.52. The Morgan fingerprint density at radius 1 is 1.50 bits per heavy atom. The lowest BCUT2D eigenvalue weighted by atomic mass is 10.6. The van der Waals surface area contributed by atoms with Gasteiger partial charge in [0.1, 0.15) is 0 Å². The van der Waals surface area contributed by atoms with E-state index in [0.29, 0.717) is 6.54 Å². The fraction of sp³-hybridized carbons (Fsp3) is 0.833. The van der Waals surface area contributed by atoms with Crippen molar-refractivity contribution in [3.8, 4) is 0 Å². The van der Waals surface area contributed by atoms with Crippen molar-refractivity contribution < 1.29 is 5.11 Å². The third kappa shape index (κ3) is 4.14. The second-order valence-electron chi connectivity index (χ2n) is 1.75. The molecule has 0 radical (unpaired) electrons. The molecule has 0 saturated carbocycles. The largest absolute Gasteiger partial charge is 0.395 e. The quantitative estimate of drug-likeness (QED) is 0.358. The highest BCUT2D eigenvalue weighted by atomic mass is 16.3. The van der Waals surface area contributed by atoms with E-state index in [-0.39, 0.29) is 6.61 Å². The van der Waals surface area contributed by atoms with E-state index in [2.05, 4.69) is 15.6 Å². The SMILES string of the molecule is CCNC(=NC)NCCO. The standard InChI is InChI=1S/C6H15N3O/c1-3-8-6(7-2)9-4-5-10/h10H,3-5H2,1-2H3,(H2,7,8,9). The van der Waals surface area contributed by atoms with Gasteiger partial charge in [-0.05, 0) is 6.92 Å². The molecule has 0 aromatic carbocycles. The average Bonchev–Trinajstić information content (AvgIpc) is 1.98. The van der Waals surface area contributed by atoms with Crippen molar-refractivity contribution in [3.05, 3.63) is 0 Å². The summed E-state index contributed by atoms with van der Waals surface area (Å²) in [6.07, 6.45) is 0. The number of rotatable bonds is 3. The number of hydrogen-bond donors (Lipinski definition) is 3. The van der Waals surface area contributed by atoms with Crippen LogP contribution in [-0.2, 0) is 0 Å². The molecule has 4 heteroatoms. The van der Waals surface area contributed by atoms with Gasteiger partial charge in [0.15, 0.2) is 5.96 Å². The first-order valence-corrected chi connectivity index (χ1v) is 3.40. The van der Waals surface area contributed by atoms with E-state index in [4.69, 9.17) is 5.11 Å². The van der Waals surface area contributed by atoms with E-state index in [1.54, 1.807) is 7.05 Å². The molecule has 0 fully saturated rings. The number of aliphatic imine (C=N–C) groups is 1. The lowest BCUT2D eigenvalue weighted by molar-refractivity contribution is 0.300. The van der Waals surface area contributed by atoms with E-state index in [1.165, 1.54) is 0 Å². The summed E-state index contributed by atoms with van der Waals surface area (Å²) in [5, 5.41) is 14.3. The normalized spacial score (nSPS) is 11.3. The molecule has 0 rings (SSSR count). The Bertz CT molecular complexity index is 103. The molecule has 60 valence electrons. The Balaban J connectivity index is 3.41. The van der Waals surface area contributed by atoms with Crippen LogP contribution in [0.2, 0.25) is 0 Å². The predicted octanol–water partition coefficient (Wildman–Crippen LogP) is -0.836. The topological polar surface area (TPSA) is 56.7 Å². The van der Waals surface area contributed by atoms with Gasteiger partial charge in [-0.1, -0.05) is 0 Å². The Labute approximate surface area is 61.4 Å². The van der Waals surface area contributed by atoms with Crippen LogP contribution >= 0.6 is 0 Å². The van der Waals surface area contributed by atoms with E-state index in [0.717, 1.165) is 12.5 Å². The van der Waals surface area contributed by atoms with Crippen LogP contribution in [0.25, 0.3) is 0 Å². The van der Waals surface area contributed by atoms with E-state index in [1.807, 2.05) is 6.92 Å². The van der Waals surface area contributed by atoms with Crippen LogP contribution in [0.15, 0.2) is 4.99 Å². The summed E-state index contributed by atoms with van der Waals surface area (Å²) in [5.74, 6) is 0.733. The molecule has 0 amide bonds. The van der Waals surface area contributed by atoms with Gasteiger partial charge >= 0.3 is 0 Å². The van der Waals surface area contributed by atoms with Crippen molar-refractivity contribution in [2.24, 2.45) is 4.99 Å². The summed E-state index contributed by atoms with van der Waals surface area (Å²) in [6.45, 7) is 3.50. The highest BCUT2D eigenvalue weighted by Gasteiger charge is 1.90. The van der Waals surface area contributed by atoms with Crippen LogP contribution in [0.4, 0.5) is 0 Å². The van der Waals surface area contributed by atoms with Gasteiger partial charge in [0.25, 0.3) is 0 Å². The summed E-state index contributed by atoms with van der Waals surface area (Å²) >= 11 is 0. The number of nitrogens with one attached hydrogen (secondary N) is 2. The number of hydrogen-bond acceptors (Lipinski definition) is 2. The maximum Gasteiger partial charge on any atom is 0.191 e. The second-order valence-corrected chi connectivity index (χ2v) is 1.75. The molecule has 0 atom stereocenters. The van der Waals surface area contributed by atoms with Crippen LogP contribution < -0.4 is 10.6 Å². The summed E-state index contributed by atoms with van der Waals surface area (Å²) in [5.41, 5.74) is 0. The zero-order valence-corrected chi connectivity index (χ0v) is 6.52. The number of aliphatic hydroxyl groups is 1. The fourth-order valence-corrected chi connectivity index (χ4v) is 0.562. The number of aliphatic hydroxyl groups excluding tert-OH is 1. The van der Waals surface area contributed by atoms with Crippen molar-refractivity contribution in [1.29, 1.82) is 0 Å². The van der Waals surface area contributed by atoms with Gasteiger partial charge in [-0.15, -0.1) is 0 Å². The molecule has 0 aromatic heterocycles. The van der Waals surface area contributed by atoms with Gasteiger partial charge in [0, 0.05) is 20.1 Å². The van der Waals surface area contributed by atoms with E-state index < -0.39 is 0 Å². The molecule has 0 bridgehead atoms. The Morgan fingerprint density at radius 3 is 2.60 bits per heavy atom. The third-order valence-corrected chi connectivity index (χ3v) is 0.972. The molecule has 0 aliphatic heterocycles. The van der Waals surface area contributed by atoms with Crippen molar-refractivity contribution in [2.75, 3.05) is 26.7 Å². The van der Waals surface area contributed by atoms with E-state index in [9.17, 15) is 0 Å². The van der Waals surface area contributed by atoms with Gasteiger partial charge in [-0.2, -0.15) is 0 Å². The summed E-state index contributed by atoms with van der Waals surface area (Å²) in [6, 6.07) is 0. The summed E-state index contributed by atoms with van der Waals surface area (Å²) in [4.78, 5) is 3.90. The first-order chi connectivity index (χ1) is 4.85. The van der Waals surface area contributed by atoms with Crippen LogP contribution in [0.3, 0.4) is 0 Å². The molecule has 0 spiro atoms. The van der Waals surface area contributed by atoms with Gasteiger partial charge in [0.05, 0.1) is 6.61 Å². The van der Waals surface area contributed by atoms with E-state index >= 15 is 0 Å². The minimum absolute atomic E-state index is 0.129. The minimum Gasteiger partial charge on any atom is -0.395 e. The number of nitrogens with zero attached hydrogens (tertiary/aromatic N) is 1.